The predicted octanol–water partition coefficient (Wildman–Crippen LogP) is 4.73. The van der Waals surface area contributed by atoms with Gasteiger partial charge in [0.15, 0.2) is 0 Å². The SMILES string of the molecule is Cl.O=C(Cc1oc2ccccc2c2nn(-c3ccc(Cl)cc3)c(=O)c1-2)OCCN1CCCCC1. The number of nitrogens with zero attached hydrogens (tertiary/aromatic N) is 3. The third kappa shape index (κ3) is 4.97. The minimum atomic E-state index is -0.425. The van der Waals surface area contributed by atoms with Gasteiger partial charge in [-0.05, 0) is 62.3 Å². The summed E-state index contributed by atoms with van der Waals surface area (Å²) >= 11 is 5.99. The quantitative estimate of drug-likeness (QED) is 0.355. The standard InChI is InChI=1S/C25H24ClN3O4.ClH/c26-17-8-10-18(11-9-17)29-25(31)23-21(33-20-7-3-2-6-19(20)24(23)27-29)16-22(30)32-15-14-28-12-4-1-5-13-28;/h2-3,6-11H,1,4-5,12-16H2;1H. The fourth-order valence-electron chi connectivity index (χ4n) is 4.31. The van der Waals surface area contributed by atoms with Crippen LogP contribution in [-0.2, 0) is 16.0 Å². The zero-order valence-corrected chi connectivity index (χ0v) is 20.1. The normalized spacial score (nSPS) is 14.3. The van der Waals surface area contributed by atoms with Crippen LogP contribution in [0.2, 0.25) is 5.02 Å². The second-order valence-electron chi connectivity index (χ2n) is 8.24. The number of carbonyl (C=O) groups excluding carboxylic acids is 1. The molecule has 0 spiro atoms. The van der Waals surface area contributed by atoms with E-state index in [4.69, 9.17) is 20.8 Å². The first-order valence-corrected chi connectivity index (χ1v) is 11.6. The molecule has 34 heavy (non-hydrogen) atoms. The number of halogens is 2. The Balaban J connectivity index is 0.00000274. The van der Waals surface area contributed by atoms with Crippen LogP contribution in [0.25, 0.3) is 27.9 Å². The highest BCUT2D eigenvalue weighted by atomic mass is 35.5. The van der Waals surface area contributed by atoms with Crippen molar-refractivity contribution in [3.63, 3.8) is 0 Å². The molecule has 3 aliphatic rings. The minimum Gasteiger partial charge on any atom is -0.464 e. The lowest BCUT2D eigenvalue weighted by Gasteiger charge is -2.25. The van der Waals surface area contributed by atoms with E-state index in [2.05, 4.69) is 10.00 Å². The van der Waals surface area contributed by atoms with Crippen molar-refractivity contribution >= 4 is 40.9 Å². The number of rotatable bonds is 6. The molecule has 0 unspecified atom stereocenters. The average Bonchev–Trinajstić information content (AvgIpc) is 3.18. The van der Waals surface area contributed by atoms with Gasteiger partial charge in [-0.1, -0.05) is 30.2 Å². The number of esters is 1. The molecule has 0 saturated carbocycles. The Morgan fingerprint density at radius 3 is 2.56 bits per heavy atom. The van der Waals surface area contributed by atoms with Gasteiger partial charge < -0.3 is 9.15 Å². The zero-order valence-electron chi connectivity index (χ0n) is 18.5. The lowest BCUT2D eigenvalue weighted by molar-refractivity contribution is -0.143. The van der Waals surface area contributed by atoms with E-state index in [-0.39, 0.29) is 35.7 Å². The maximum atomic E-state index is 13.3. The molecule has 5 rings (SSSR count). The van der Waals surface area contributed by atoms with Crippen LogP contribution >= 0.6 is 24.0 Å². The molecule has 2 aromatic rings. The zero-order chi connectivity index (χ0) is 22.8. The molecule has 3 aliphatic heterocycles. The molecule has 1 fully saturated rings. The lowest BCUT2D eigenvalue weighted by atomic mass is 10.1. The number of para-hydroxylation sites is 1. The number of fused-ring (bicyclic) bond motifs is 3. The van der Waals surface area contributed by atoms with Crippen LogP contribution < -0.4 is 5.56 Å². The molecule has 7 nitrogen and oxygen atoms in total. The van der Waals surface area contributed by atoms with Gasteiger partial charge in [0.1, 0.15) is 35.6 Å². The van der Waals surface area contributed by atoms with Crippen LogP contribution in [0.5, 0.6) is 0 Å². The average molecular weight is 502 g/mol. The van der Waals surface area contributed by atoms with E-state index in [0.717, 1.165) is 19.6 Å². The Labute approximate surface area is 208 Å². The topological polar surface area (TPSA) is 77.6 Å². The van der Waals surface area contributed by atoms with E-state index in [1.807, 2.05) is 18.2 Å². The van der Waals surface area contributed by atoms with Crippen LogP contribution in [0.1, 0.15) is 25.0 Å². The van der Waals surface area contributed by atoms with Gasteiger partial charge in [0.05, 0.1) is 5.69 Å². The van der Waals surface area contributed by atoms with Crippen molar-refractivity contribution < 1.29 is 13.9 Å². The molecule has 0 atom stereocenters. The summed E-state index contributed by atoms with van der Waals surface area (Å²) in [5, 5.41) is 5.85. The van der Waals surface area contributed by atoms with Crippen LogP contribution in [0.3, 0.4) is 0 Å². The van der Waals surface area contributed by atoms with Gasteiger partial charge in [0, 0.05) is 17.0 Å². The number of piperidine rings is 1. The summed E-state index contributed by atoms with van der Waals surface area (Å²) < 4.78 is 12.8. The molecule has 0 aromatic heterocycles. The van der Waals surface area contributed by atoms with Gasteiger partial charge >= 0.3 is 5.97 Å². The van der Waals surface area contributed by atoms with Crippen molar-refractivity contribution in [1.82, 2.24) is 14.7 Å². The molecule has 0 N–H and O–H groups in total. The van der Waals surface area contributed by atoms with E-state index < -0.39 is 5.97 Å². The Kier molecular flexibility index (Phi) is 7.56. The van der Waals surface area contributed by atoms with E-state index in [0.29, 0.717) is 34.0 Å². The van der Waals surface area contributed by atoms with Crippen molar-refractivity contribution in [1.29, 1.82) is 0 Å². The van der Waals surface area contributed by atoms with Crippen molar-refractivity contribution in [3.8, 4) is 16.9 Å². The molecular formula is C25H25Cl2N3O4. The fourth-order valence-corrected chi connectivity index (χ4v) is 4.44. The van der Waals surface area contributed by atoms with Gasteiger partial charge in [-0.3, -0.25) is 14.5 Å². The monoisotopic (exact) mass is 501 g/mol. The molecule has 9 heteroatoms. The highest BCUT2D eigenvalue weighted by molar-refractivity contribution is 6.30. The number of likely N-dealkylation sites (tertiary alicyclic amines) is 1. The Hall–Kier alpha value is -2.87. The number of aromatic nitrogens is 2. The highest BCUT2D eigenvalue weighted by Gasteiger charge is 2.27. The third-order valence-corrected chi connectivity index (χ3v) is 6.24. The van der Waals surface area contributed by atoms with Crippen molar-refractivity contribution in [3.05, 3.63) is 69.7 Å². The summed E-state index contributed by atoms with van der Waals surface area (Å²) in [6.07, 6.45) is 3.50. The Bertz CT molecular complexity index is 1310. The van der Waals surface area contributed by atoms with Crippen molar-refractivity contribution in [2.75, 3.05) is 26.2 Å². The van der Waals surface area contributed by atoms with Crippen molar-refractivity contribution in [2.24, 2.45) is 0 Å². The number of benzene rings is 2. The summed E-state index contributed by atoms with van der Waals surface area (Å²) in [7, 11) is 0. The van der Waals surface area contributed by atoms with E-state index in [9.17, 15) is 9.59 Å². The van der Waals surface area contributed by atoms with Gasteiger partial charge in [0.2, 0.25) is 0 Å². The fraction of sp³-hybridized carbons (Fsp3) is 0.320. The third-order valence-electron chi connectivity index (χ3n) is 5.99. The smallest absolute Gasteiger partial charge is 0.313 e. The maximum absolute atomic E-state index is 13.3. The first-order valence-electron chi connectivity index (χ1n) is 11.2. The predicted molar refractivity (Wildman–Crippen MR) is 133 cm³/mol. The number of ether oxygens (including phenoxy) is 1. The van der Waals surface area contributed by atoms with Gasteiger partial charge in [-0.25, -0.2) is 0 Å². The van der Waals surface area contributed by atoms with Gasteiger partial charge in [-0.2, -0.15) is 9.78 Å². The molecule has 2 aromatic carbocycles. The molecule has 3 heterocycles. The Morgan fingerprint density at radius 1 is 1.06 bits per heavy atom. The second-order valence-corrected chi connectivity index (χ2v) is 8.67. The number of hydrogen-bond donors (Lipinski definition) is 0. The summed E-state index contributed by atoms with van der Waals surface area (Å²) in [6.45, 7) is 3.13. The lowest BCUT2D eigenvalue weighted by Crippen LogP contribution is -2.33. The summed E-state index contributed by atoms with van der Waals surface area (Å²) in [5.41, 5.74) is 1.57. The first kappa shape index (κ1) is 24.3. The van der Waals surface area contributed by atoms with E-state index >= 15 is 0 Å². The minimum absolute atomic E-state index is 0. The number of carbonyl (C=O) groups is 1. The molecular weight excluding hydrogens is 477 g/mol. The van der Waals surface area contributed by atoms with Gasteiger partial charge in [0.25, 0.3) is 5.56 Å². The molecule has 0 aliphatic carbocycles. The van der Waals surface area contributed by atoms with Gasteiger partial charge in [-0.15, -0.1) is 12.4 Å². The van der Waals surface area contributed by atoms with E-state index in [1.54, 1.807) is 30.3 Å². The summed E-state index contributed by atoms with van der Waals surface area (Å²) in [5.74, 6) is -0.164. The molecule has 0 amide bonds. The second kappa shape index (κ2) is 10.6. The first-order chi connectivity index (χ1) is 16.1. The van der Waals surface area contributed by atoms with Crippen LogP contribution in [0, 0.1) is 0 Å². The highest BCUT2D eigenvalue weighted by Crippen LogP contribution is 2.32. The van der Waals surface area contributed by atoms with Crippen LogP contribution in [0.15, 0.2) is 57.7 Å². The molecule has 1 saturated heterocycles. The Morgan fingerprint density at radius 2 is 1.79 bits per heavy atom. The summed E-state index contributed by atoms with van der Waals surface area (Å²) in [4.78, 5) is 28.3. The number of hydrogen-bond acceptors (Lipinski definition) is 6. The largest absolute Gasteiger partial charge is 0.464 e. The molecule has 0 bridgehead atoms. The molecule has 178 valence electrons. The maximum Gasteiger partial charge on any atom is 0.313 e. The van der Waals surface area contributed by atoms with E-state index in [1.165, 1.54) is 23.9 Å². The molecule has 0 radical (unpaired) electrons. The van der Waals surface area contributed by atoms with Crippen LogP contribution in [0.4, 0.5) is 0 Å². The van der Waals surface area contributed by atoms with Crippen molar-refractivity contribution in [2.45, 2.75) is 25.7 Å². The summed E-state index contributed by atoms with van der Waals surface area (Å²) in [6, 6.07) is 14.2. The van der Waals surface area contributed by atoms with Crippen LogP contribution in [-0.4, -0.2) is 46.9 Å².